The first-order valence-corrected chi connectivity index (χ1v) is 6.12. The molecular formula is C12H19N3O2. The van der Waals surface area contributed by atoms with Crippen molar-refractivity contribution in [1.82, 2.24) is 14.9 Å². The normalized spacial score (nSPS) is 14.8. The Hall–Kier alpha value is -1.36. The van der Waals surface area contributed by atoms with Crippen molar-refractivity contribution < 1.29 is 9.53 Å². The van der Waals surface area contributed by atoms with Crippen LogP contribution in [0.4, 0.5) is 0 Å². The van der Waals surface area contributed by atoms with Gasteiger partial charge in [-0.1, -0.05) is 13.8 Å². The van der Waals surface area contributed by atoms with Gasteiger partial charge in [0.25, 0.3) is 0 Å². The van der Waals surface area contributed by atoms with E-state index in [9.17, 15) is 4.79 Å². The number of fused-ring (bicyclic) bond motifs is 1. The molecule has 1 aromatic rings. The Morgan fingerprint density at radius 2 is 2.35 bits per heavy atom. The largest absolute Gasteiger partial charge is 0.461 e. The van der Waals surface area contributed by atoms with E-state index in [2.05, 4.69) is 10.3 Å². The van der Waals surface area contributed by atoms with E-state index in [4.69, 9.17) is 4.74 Å². The first-order valence-electron chi connectivity index (χ1n) is 6.12. The minimum Gasteiger partial charge on any atom is -0.461 e. The SMILES string of the molecule is CCOC(=O)c1c(C(C)C)nc2n1CCNC2. The number of hydrogen-bond donors (Lipinski definition) is 1. The number of imidazole rings is 1. The molecule has 5 nitrogen and oxygen atoms in total. The molecular weight excluding hydrogens is 218 g/mol. The Bertz CT molecular complexity index is 424. The molecule has 1 aliphatic heterocycles. The molecule has 0 unspecified atom stereocenters. The molecule has 0 spiro atoms. The zero-order valence-electron chi connectivity index (χ0n) is 10.6. The van der Waals surface area contributed by atoms with Gasteiger partial charge in [0.1, 0.15) is 5.82 Å². The van der Waals surface area contributed by atoms with Gasteiger partial charge in [-0.05, 0) is 12.8 Å². The average Bonchev–Trinajstić information content (AvgIpc) is 2.68. The highest BCUT2D eigenvalue weighted by Crippen LogP contribution is 2.22. The summed E-state index contributed by atoms with van der Waals surface area (Å²) < 4.78 is 7.11. The minimum absolute atomic E-state index is 0.229. The highest BCUT2D eigenvalue weighted by Gasteiger charge is 2.26. The highest BCUT2D eigenvalue weighted by molar-refractivity contribution is 5.89. The maximum Gasteiger partial charge on any atom is 0.356 e. The van der Waals surface area contributed by atoms with Crippen molar-refractivity contribution in [3.8, 4) is 0 Å². The topological polar surface area (TPSA) is 56.1 Å². The number of esters is 1. The average molecular weight is 237 g/mol. The van der Waals surface area contributed by atoms with Gasteiger partial charge in [-0.15, -0.1) is 0 Å². The summed E-state index contributed by atoms with van der Waals surface area (Å²) in [6, 6.07) is 0. The smallest absolute Gasteiger partial charge is 0.356 e. The Morgan fingerprint density at radius 1 is 1.59 bits per heavy atom. The second-order valence-electron chi connectivity index (χ2n) is 4.47. The van der Waals surface area contributed by atoms with Crippen molar-refractivity contribution in [2.75, 3.05) is 13.2 Å². The molecule has 1 aliphatic rings. The van der Waals surface area contributed by atoms with Crippen LogP contribution in [0.3, 0.4) is 0 Å². The number of ether oxygens (including phenoxy) is 1. The van der Waals surface area contributed by atoms with E-state index in [1.165, 1.54) is 0 Å². The predicted octanol–water partition coefficient (Wildman–Crippen LogP) is 1.29. The van der Waals surface area contributed by atoms with Gasteiger partial charge in [0, 0.05) is 13.1 Å². The second-order valence-corrected chi connectivity index (χ2v) is 4.47. The summed E-state index contributed by atoms with van der Waals surface area (Å²) in [6.07, 6.45) is 0. The monoisotopic (exact) mass is 237 g/mol. The Labute approximate surface area is 101 Å². The second kappa shape index (κ2) is 4.87. The van der Waals surface area contributed by atoms with E-state index in [0.29, 0.717) is 12.3 Å². The summed E-state index contributed by atoms with van der Waals surface area (Å²) in [5, 5.41) is 3.26. The lowest BCUT2D eigenvalue weighted by Crippen LogP contribution is -2.30. The van der Waals surface area contributed by atoms with Crippen LogP contribution in [0, 0.1) is 0 Å². The van der Waals surface area contributed by atoms with Gasteiger partial charge < -0.3 is 14.6 Å². The molecule has 0 fully saturated rings. The molecule has 0 aromatic carbocycles. The van der Waals surface area contributed by atoms with Crippen LogP contribution in [0.25, 0.3) is 0 Å². The fourth-order valence-electron chi connectivity index (χ4n) is 2.10. The van der Waals surface area contributed by atoms with Crippen molar-refractivity contribution >= 4 is 5.97 Å². The van der Waals surface area contributed by atoms with E-state index in [-0.39, 0.29) is 11.9 Å². The van der Waals surface area contributed by atoms with Crippen LogP contribution in [0.1, 0.15) is 48.7 Å². The molecule has 0 amide bonds. The minimum atomic E-state index is -0.253. The first kappa shape index (κ1) is 12.1. The third-order valence-corrected chi connectivity index (χ3v) is 2.88. The molecule has 94 valence electrons. The predicted molar refractivity (Wildman–Crippen MR) is 64.0 cm³/mol. The summed E-state index contributed by atoms with van der Waals surface area (Å²) in [7, 11) is 0. The summed E-state index contributed by atoms with van der Waals surface area (Å²) in [5.41, 5.74) is 1.49. The van der Waals surface area contributed by atoms with Crippen molar-refractivity contribution in [3.63, 3.8) is 0 Å². The van der Waals surface area contributed by atoms with Gasteiger partial charge in [-0.3, -0.25) is 0 Å². The van der Waals surface area contributed by atoms with Crippen molar-refractivity contribution in [1.29, 1.82) is 0 Å². The van der Waals surface area contributed by atoms with E-state index in [1.54, 1.807) is 0 Å². The molecule has 0 aliphatic carbocycles. The number of aromatic nitrogens is 2. The Kier molecular flexibility index (Phi) is 3.47. The summed E-state index contributed by atoms with van der Waals surface area (Å²) in [4.78, 5) is 16.6. The Balaban J connectivity index is 2.45. The van der Waals surface area contributed by atoms with Crippen molar-refractivity contribution in [2.24, 2.45) is 0 Å². The zero-order valence-corrected chi connectivity index (χ0v) is 10.6. The molecule has 0 saturated heterocycles. The summed E-state index contributed by atoms with van der Waals surface area (Å²) in [5.74, 6) is 0.910. The van der Waals surface area contributed by atoms with Crippen LogP contribution >= 0.6 is 0 Å². The molecule has 5 heteroatoms. The quantitative estimate of drug-likeness (QED) is 0.805. The molecule has 1 aromatic heterocycles. The number of nitrogens with one attached hydrogen (secondary N) is 1. The van der Waals surface area contributed by atoms with Gasteiger partial charge in [0.15, 0.2) is 5.69 Å². The lowest BCUT2D eigenvalue weighted by Gasteiger charge is -2.17. The molecule has 2 heterocycles. The van der Waals surface area contributed by atoms with Gasteiger partial charge in [0.05, 0.1) is 18.8 Å². The van der Waals surface area contributed by atoms with Crippen LogP contribution in [0.2, 0.25) is 0 Å². The fourth-order valence-corrected chi connectivity index (χ4v) is 2.10. The lowest BCUT2D eigenvalue weighted by molar-refractivity contribution is 0.0510. The zero-order chi connectivity index (χ0) is 12.4. The van der Waals surface area contributed by atoms with Crippen LogP contribution in [-0.4, -0.2) is 28.7 Å². The standard InChI is InChI=1S/C12H19N3O2/c1-4-17-12(16)11-10(8(2)3)14-9-7-13-5-6-15(9)11/h8,13H,4-7H2,1-3H3. The number of carbonyl (C=O) groups is 1. The Morgan fingerprint density at radius 3 is 3.00 bits per heavy atom. The molecule has 0 atom stereocenters. The van der Waals surface area contributed by atoms with E-state index in [0.717, 1.165) is 31.2 Å². The van der Waals surface area contributed by atoms with Crippen LogP contribution in [-0.2, 0) is 17.8 Å². The molecule has 17 heavy (non-hydrogen) atoms. The summed E-state index contributed by atoms with van der Waals surface area (Å²) >= 11 is 0. The number of carbonyl (C=O) groups excluding carboxylic acids is 1. The number of nitrogens with zero attached hydrogens (tertiary/aromatic N) is 2. The van der Waals surface area contributed by atoms with Crippen LogP contribution in [0.15, 0.2) is 0 Å². The maximum absolute atomic E-state index is 12.0. The molecule has 0 bridgehead atoms. The maximum atomic E-state index is 12.0. The van der Waals surface area contributed by atoms with Crippen LogP contribution in [0.5, 0.6) is 0 Å². The third kappa shape index (κ3) is 2.20. The first-order chi connectivity index (χ1) is 8.15. The number of rotatable bonds is 3. The highest BCUT2D eigenvalue weighted by atomic mass is 16.5. The number of hydrogen-bond acceptors (Lipinski definition) is 4. The van der Waals surface area contributed by atoms with Crippen molar-refractivity contribution in [2.45, 2.75) is 39.8 Å². The fraction of sp³-hybridized carbons (Fsp3) is 0.667. The van der Waals surface area contributed by atoms with E-state index in [1.807, 2.05) is 25.3 Å². The third-order valence-electron chi connectivity index (χ3n) is 2.88. The van der Waals surface area contributed by atoms with Gasteiger partial charge >= 0.3 is 5.97 Å². The van der Waals surface area contributed by atoms with E-state index >= 15 is 0 Å². The van der Waals surface area contributed by atoms with Gasteiger partial charge in [-0.25, -0.2) is 9.78 Å². The molecule has 1 N–H and O–H groups in total. The molecule has 0 saturated carbocycles. The molecule has 2 rings (SSSR count). The lowest BCUT2D eigenvalue weighted by atomic mass is 10.1. The van der Waals surface area contributed by atoms with Gasteiger partial charge in [-0.2, -0.15) is 0 Å². The summed E-state index contributed by atoms with van der Waals surface area (Å²) in [6.45, 7) is 8.68. The van der Waals surface area contributed by atoms with Crippen LogP contribution < -0.4 is 5.32 Å². The van der Waals surface area contributed by atoms with Gasteiger partial charge in [0.2, 0.25) is 0 Å². The molecule has 0 radical (unpaired) electrons. The van der Waals surface area contributed by atoms with E-state index < -0.39 is 0 Å². The van der Waals surface area contributed by atoms with Crippen molar-refractivity contribution in [3.05, 3.63) is 17.2 Å².